The molecule has 0 bridgehead atoms. The first-order valence-corrected chi connectivity index (χ1v) is 11.9. The van der Waals surface area contributed by atoms with Gasteiger partial charge in [-0.05, 0) is 39.3 Å². The molecule has 3 aromatic carbocycles. The molecule has 166 valence electrons. The molecule has 3 heteroatoms. The number of aliphatic imine (C=N–C) groups is 2. The molecule has 0 atom stereocenters. The number of thiophene rings is 1. The van der Waals surface area contributed by atoms with Gasteiger partial charge in [0.05, 0.1) is 5.70 Å². The smallest absolute Gasteiger partial charge is 0.126 e. The van der Waals surface area contributed by atoms with Crippen LogP contribution >= 0.6 is 11.3 Å². The van der Waals surface area contributed by atoms with E-state index in [1.165, 1.54) is 20.2 Å². The first-order chi connectivity index (χ1) is 16.0. The van der Waals surface area contributed by atoms with Crippen molar-refractivity contribution >= 4 is 48.8 Å². The maximum atomic E-state index is 4.67. The van der Waals surface area contributed by atoms with Crippen LogP contribution in [0.4, 0.5) is 0 Å². The zero-order valence-corrected chi connectivity index (χ0v) is 20.6. The minimum Gasteiger partial charge on any atom is -0.238 e. The van der Waals surface area contributed by atoms with Crippen LogP contribution in [0.1, 0.15) is 38.8 Å². The Bertz CT molecular complexity index is 1340. The Hall–Kier alpha value is -3.56. The fraction of sp³-hybridized carbons (Fsp3) is 0.133. The number of benzene rings is 3. The van der Waals surface area contributed by atoms with E-state index >= 15 is 0 Å². The molecule has 1 aromatic heterocycles. The van der Waals surface area contributed by atoms with Crippen LogP contribution in [-0.4, -0.2) is 11.5 Å². The summed E-state index contributed by atoms with van der Waals surface area (Å²) < 4.78 is 2.51. The van der Waals surface area contributed by atoms with Crippen molar-refractivity contribution in [1.29, 1.82) is 0 Å². The number of hydrogen-bond acceptors (Lipinski definition) is 2. The summed E-state index contributed by atoms with van der Waals surface area (Å²) in [6.45, 7) is 12.1. The van der Waals surface area contributed by atoms with Gasteiger partial charge in [0, 0.05) is 31.4 Å². The third-order valence-corrected chi connectivity index (χ3v) is 6.25. The average molecular weight is 451 g/mol. The molecule has 0 aliphatic rings. The van der Waals surface area contributed by atoms with E-state index in [9.17, 15) is 0 Å². The van der Waals surface area contributed by atoms with Crippen molar-refractivity contribution in [1.82, 2.24) is 0 Å². The number of allylic oxidation sites excluding steroid dienone is 4. The topological polar surface area (TPSA) is 24.7 Å². The van der Waals surface area contributed by atoms with Gasteiger partial charge in [-0.3, -0.25) is 0 Å². The molecule has 0 saturated carbocycles. The molecular weight excluding hydrogens is 420 g/mol. The lowest BCUT2D eigenvalue weighted by Crippen LogP contribution is -1.98. The highest BCUT2D eigenvalue weighted by Gasteiger charge is 2.10. The second-order valence-corrected chi connectivity index (χ2v) is 8.55. The fourth-order valence-corrected chi connectivity index (χ4v) is 4.70. The van der Waals surface area contributed by atoms with E-state index < -0.39 is 0 Å². The van der Waals surface area contributed by atoms with Gasteiger partial charge in [-0.1, -0.05) is 97.6 Å². The van der Waals surface area contributed by atoms with Crippen molar-refractivity contribution in [3.8, 4) is 0 Å². The first-order valence-electron chi connectivity index (χ1n) is 11.0. The van der Waals surface area contributed by atoms with Crippen LogP contribution in [0.5, 0.6) is 0 Å². The van der Waals surface area contributed by atoms with Gasteiger partial charge >= 0.3 is 0 Å². The van der Waals surface area contributed by atoms with Crippen molar-refractivity contribution in [3.05, 3.63) is 115 Å². The third kappa shape index (κ3) is 6.24. The fourth-order valence-electron chi connectivity index (χ4n) is 3.46. The highest BCUT2D eigenvalue weighted by Crippen LogP contribution is 2.37. The lowest BCUT2D eigenvalue weighted by Gasteiger charge is -2.04. The van der Waals surface area contributed by atoms with Gasteiger partial charge in [0.2, 0.25) is 0 Å². The lowest BCUT2D eigenvalue weighted by atomic mass is 10.1. The molecule has 0 aliphatic heterocycles. The Morgan fingerprint density at radius 3 is 2.09 bits per heavy atom. The van der Waals surface area contributed by atoms with E-state index in [1.807, 2.05) is 70.2 Å². The normalized spacial score (nSPS) is 12.5. The maximum Gasteiger partial charge on any atom is 0.126 e. The van der Waals surface area contributed by atoms with Gasteiger partial charge in [-0.25, -0.2) is 9.98 Å². The second-order valence-electron chi connectivity index (χ2n) is 7.50. The van der Waals surface area contributed by atoms with E-state index in [2.05, 4.69) is 71.2 Å². The van der Waals surface area contributed by atoms with Crippen LogP contribution in [0.2, 0.25) is 0 Å². The molecule has 1 heterocycles. The van der Waals surface area contributed by atoms with Gasteiger partial charge < -0.3 is 0 Å². The summed E-state index contributed by atoms with van der Waals surface area (Å²) in [4.78, 5) is 9.32. The zero-order valence-electron chi connectivity index (χ0n) is 19.7. The van der Waals surface area contributed by atoms with Crippen molar-refractivity contribution < 1.29 is 0 Å². The molecule has 2 nitrogen and oxygen atoms in total. The van der Waals surface area contributed by atoms with Crippen molar-refractivity contribution in [2.75, 3.05) is 0 Å². The van der Waals surface area contributed by atoms with E-state index in [1.54, 1.807) is 11.3 Å². The quantitative estimate of drug-likeness (QED) is 0.168. The molecule has 0 unspecified atom stereocenters. The minimum absolute atomic E-state index is 0.708. The maximum absolute atomic E-state index is 4.67. The number of amidine groups is 1. The molecule has 0 saturated heterocycles. The van der Waals surface area contributed by atoms with Gasteiger partial charge in [-0.15, -0.1) is 11.3 Å². The molecular formula is C30H30N2S. The summed E-state index contributed by atoms with van der Waals surface area (Å²) in [6, 6.07) is 25.0. The number of fused-ring (bicyclic) bond motifs is 3. The van der Waals surface area contributed by atoms with Crippen LogP contribution in [0.25, 0.3) is 25.9 Å². The molecule has 0 fully saturated rings. The SMILES string of the molecule is C/C=C\C=C/C.C=C(N=C(C)N=C(C)c1ccccc1)c1cccc2c1sc1ccccc12. The molecule has 0 amide bonds. The van der Waals surface area contributed by atoms with Gasteiger partial charge in [0.1, 0.15) is 5.84 Å². The Labute approximate surface area is 201 Å². The lowest BCUT2D eigenvalue weighted by molar-refractivity contribution is 1.45. The minimum atomic E-state index is 0.708. The predicted molar refractivity (Wildman–Crippen MR) is 150 cm³/mol. The molecule has 4 rings (SSSR count). The third-order valence-electron chi connectivity index (χ3n) is 5.03. The highest BCUT2D eigenvalue weighted by atomic mass is 32.1. The highest BCUT2D eigenvalue weighted by molar-refractivity contribution is 7.26. The van der Waals surface area contributed by atoms with Gasteiger partial charge in [0.15, 0.2) is 0 Å². The monoisotopic (exact) mass is 450 g/mol. The van der Waals surface area contributed by atoms with Crippen LogP contribution in [0.3, 0.4) is 0 Å². The predicted octanol–water partition coefficient (Wildman–Crippen LogP) is 9.09. The largest absolute Gasteiger partial charge is 0.238 e. The van der Waals surface area contributed by atoms with Gasteiger partial charge in [-0.2, -0.15) is 0 Å². The first kappa shape index (κ1) is 24.1. The molecule has 0 spiro atoms. The number of nitrogens with zero attached hydrogens (tertiary/aromatic N) is 2. The molecule has 33 heavy (non-hydrogen) atoms. The summed E-state index contributed by atoms with van der Waals surface area (Å²) in [7, 11) is 0. The summed E-state index contributed by atoms with van der Waals surface area (Å²) in [5.41, 5.74) is 3.86. The summed E-state index contributed by atoms with van der Waals surface area (Å²) in [5, 5.41) is 2.54. The van der Waals surface area contributed by atoms with Crippen LogP contribution in [0, 0.1) is 0 Å². The van der Waals surface area contributed by atoms with Crippen molar-refractivity contribution in [2.45, 2.75) is 27.7 Å². The van der Waals surface area contributed by atoms with Crippen LogP contribution in [-0.2, 0) is 0 Å². The molecule has 0 N–H and O–H groups in total. The Kier molecular flexibility index (Phi) is 8.68. The Morgan fingerprint density at radius 1 is 0.758 bits per heavy atom. The molecule has 0 radical (unpaired) electrons. The second kappa shape index (κ2) is 11.9. The molecule has 4 aromatic rings. The molecule has 0 aliphatic carbocycles. The van der Waals surface area contributed by atoms with Crippen LogP contribution < -0.4 is 0 Å². The number of rotatable bonds is 4. The number of hydrogen-bond donors (Lipinski definition) is 0. The standard InChI is InChI=1S/C24H20N2S.C6H10/c1-16(19-10-5-4-6-11-19)25-18(3)26-17(2)20-13-9-14-22-21-12-7-8-15-23(21)27-24(20)22;1-3-5-6-4-2/h4-15H,2H2,1,3H3;3-6H,1-2H3/b;5-3-,6-4-. The van der Waals surface area contributed by atoms with Crippen molar-refractivity contribution in [2.24, 2.45) is 9.98 Å². The summed E-state index contributed by atoms with van der Waals surface area (Å²) in [6.07, 6.45) is 8.00. The van der Waals surface area contributed by atoms with E-state index in [0.29, 0.717) is 5.84 Å². The summed E-state index contributed by atoms with van der Waals surface area (Å²) in [5.74, 6) is 0.708. The summed E-state index contributed by atoms with van der Waals surface area (Å²) >= 11 is 1.79. The van der Waals surface area contributed by atoms with Crippen molar-refractivity contribution in [3.63, 3.8) is 0 Å². The van der Waals surface area contributed by atoms with E-state index in [4.69, 9.17) is 0 Å². The average Bonchev–Trinajstić information content (AvgIpc) is 3.22. The van der Waals surface area contributed by atoms with E-state index in [0.717, 1.165) is 22.5 Å². The van der Waals surface area contributed by atoms with Crippen LogP contribution in [0.15, 0.2) is 114 Å². The van der Waals surface area contributed by atoms with E-state index in [-0.39, 0.29) is 0 Å². The van der Waals surface area contributed by atoms with Gasteiger partial charge in [0.25, 0.3) is 0 Å². The Balaban J connectivity index is 0.000000454. The zero-order chi connectivity index (χ0) is 23.6. The Morgan fingerprint density at radius 2 is 1.39 bits per heavy atom.